The predicted molar refractivity (Wildman–Crippen MR) is 123 cm³/mol. The first-order valence-electron chi connectivity index (χ1n) is 11.0. The average molecular weight is 418 g/mol. The van der Waals surface area contributed by atoms with E-state index in [1.807, 2.05) is 63.4 Å². The van der Waals surface area contributed by atoms with Gasteiger partial charge in [0, 0.05) is 13.1 Å². The van der Waals surface area contributed by atoms with Gasteiger partial charge < -0.3 is 9.80 Å². The number of carbonyl (C=O) groups excluding carboxylic acids is 2. The summed E-state index contributed by atoms with van der Waals surface area (Å²) in [5.41, 5.74) is 5.06. The van der Waals surface area contributed by atoms with Crippen LogP contribution in [0, 0.1) is 13.8 Å². The normalized spacial score (nSPS) is 18.3. The van der Waals surface area contributed by atoms with Gasteiger partial charge in [0.2, 0.25) is 0 Å². The summed E-state index contributed by atoms with van der Waals surface area (Å²) in [6, 6.07) is 16.0. The molecule has 2 amide bonds. The molecule has 1 saturated heterocycles. The summed E-state index contributed by atoms with van der Waals surface area (Å²) in [5.74, 6) is -0.388. The minimum absolute atomic E-state index is 0.190. The highest BCUT2D eigenvalue weighted by Crippen LogP contribution is 2.35. The van der Waals surface area contributed by atoms with Gasteiger partial charge in [0.25, 0.3) is 11.8 Å². The van der Waals surface area contributed by atoms with Gasteiger partial charge in [0.05, 0.1) is 12.1 Å². The van der Waals surface area contributed by atoms with Gasteiger partial charge in [-0.25, -0.2) is 0 Å². The van der Waals surface area contributed by atoms with Crippen molar-refractivity contribution in [3.8, 4) is 0 Å². The van der Waals surface area contributed by atoms with E-state index in [1.165, 1.54) is 4.90 Å². The SMILES string of the molecule is Cc1ccc(C2=C(N(C)C3CCN(C)CC3)C(=O)N(Cc3ccccc3)C2=O)c(C)c1. The number of likely N-dealkylation sites (N-methyl/N-ethyl adjacent to an activating group) is 1. The van der Waals surface area contributed by atoms with E-state index in [2.05, 4.69) is 22.9 Å². The Balaban J connectivity index is 1.75. The van der Waals surface area contributed by atoms with Crippen molar-refractivity contribution in [2.45, 2.75) is 39.3 Å². The number of aryl methyl sites for hydroxylation is 2. The largest absolute Gasteiger partial charge is 0.366 e. The molecule has 0 bridgehead atoms. The van der Waals surface area contributed by atoms with E-state index in [9.17, 15) is 9.59 Å². The van der Waals surface area contributed by atoms with Gasteiger partial charge >= 0.3 is 0 Å². The van der Waals surface area contributed by atoms with Crippen LogP contribution in [0.25, 0.3) is 5.57 Å². The molecule has 0 unspecified atom stereocenters. The molecule has 0 saturated carbocycles. The Kier molecular flexibility index (Phi) is 5.96. The van der Waals surface area contributed by atoms with Crippen LogP contribution < -0.4 is 0 Å². The molecule has 2 heterocycles. The topological polar surface area (TPSA) is 43.9 Å². The van der Waals surface area contributed by atoms with Crippen LogP contribution in [-0.2, 0) is 16.1 Å². The van der Waals surface area contributed by atoms with Crippen molar-refractivity contribution >= 4 is 17.4 Å². The fourth-order valence-corrected chi connectivity index (χ4v) is 4.70. The summed E-state index contributed by atoms with van der Waals surface area (Å²) in [6.07, 6.45) is 1.97. The van der Waals surface area contributed by atoms with Gasteiger partial charge in [-0.1, -0.05) is 54.1 Å². The molecule has 0 aromatic heterocycles. The quantitative estimate of drug-likeness (QED) is 0.697. The molecule has 2 aromatic carbocycles. The van der Waals surface area contributed by atoms with Crippen molar-refractivity contribution < 1.29 is 9.59 Å². The number of rotatable bonds is 5. The van der Waals surface area contributed by atoms with Crippen molar-refractivity contribution in [3.05, 3.63) is 76.5 Å². The lowest BCUT2D eigenvalue weighted by Gasteiger charge is -2.36. The molecule has 5 heteroatoms. The van der Waals surface area contributed by atoms with Gasteiger partial charge in [-0.3, -0.25) is 14.5 Å². The van der Waals surface area contributed by atoms with Crippen molar-refractivity contribution in [1.82, 2.24) is 14.7 Å². The van der Waals surface area contributed by atoms with Crippen molar-refractivity contribution in [2.24, 2.45) is 0 Å². The van der Waals surface area contributed by atoms with Gasteiger partial charge in [-0.2, -0.15) is 0 Å². The maximum atomic E-state index is 13.6. The maximum absolute atomic E-state index is 13.6. The summed E-state index contributed by atoms with van der Waals surface area (Å²) in [6.45, 7) is 6.34. The number of nitrogens with zero attached hydrogens (tertiary/aromatic N) is 3. The molecule has 0 atom stereocenters. The fourth-order valence-electron chi connectivity index (χ4n) is 4.70. The summed E-state index contributed by atoms with van der Waals surface area (Å²) in [7, 11) is 4.11. The summed E-state index contributed by atoms with van der Waals surface area (Å²) >= 11 is 0. The molecule has 2 aliphatic heterocycles. The van der Waals surface area contributed by atoms with Crippen molar-refractivity contribution in [1.29, 1.82) is 0 Å². The van der Waals surface area contributed by atoms with Crippen LogP contribution in [0.5, 0.6) is 0 Å². The van der Waals surface area contributed by atoms with Crippen LogP contribution in [0.4, 0.5) is 0 Å². The zero-order chi connectivity index (χ0) is 22.1. The third-order valence-electron chi connectivity index (χ3n) is 6.57. The Morgan fingerprint density at radius 1 is 0.968 bits per heavy atom. The van der Waals surface area contributed by atoms with E-state index in [1.54, 1.807) is 0 Å². The lowest BCUT2D eigenvalue weighted by Crippen LogP contribution is -2.43. The summed E-state index contributed by atoms with van der Waals surface area (Å²) < 4.78 is 0. The lowest BCUT2D eigenvalue weighted by atomic mass is 9.96. The summed E-state index contributed by atoms with van der Waals surface area (Å²) in [4.78, 5) is 33.0. The number of hydrogen-bond donors (Lipinski definition) is 0. The van der Waals surface area contributed by atoms with Crippen LogP contribution in [0.15, 0.2) is 54.2 Å². The molecule has 4 rings (SSSR count). The Morgan fingerprint density at radius 3 is 2.29 bits per heavy atom. The Morgan fingerprint density at radius 2 is 1.65 bits per heavy atom. The number of piperidine rings is 1. The number of benzene rings is 2. The summed E-state index contributed by atoms with van der Waals surface area (Å²) in [5, 5.41) is 0. The minimum Gasteiger partial charge on any atom is -0.366 e. The van der Waals surface area contributed by atoms with Crippen molar-refractivity contribution in [2.75, 3.05) is 27.2 Å². The van der Waals surface area contributed by atoms with E-state index < -0.39 is 0 Å². The molecule has 0 aliphatic carbocycles. The fraction of sp³-hybridized carbons (Fsp3) is 0.385. The van der Waals surface area contributed by atoms with Crippen LogP contribution in [0.2, 0.25) is 0 Å². The Bertz CT molecular complexity index is 1020. The molecule has 1 fully saturated rings. The first-order valence-corrected chi connectivity index (χ1v) is 11.0. The van der Waals surface area contributed by atoms with Gasteiger partial charge in [0.15, 0.2) is 0 Å². The second kappa shape index (κ2) is 8.67. The number of hydrogen-bond acceptors (Lipinski definition) is 4. The van der Waals surface area contributed by atoms with Crippen molar-refractivity contribution in [3.63, 3.8) is 0 Å². The van der Waals surface area contributed by atoms with E-state index in [0.29, 0.717) is 11.3 Å². The standard InChI is InChI=1S/C26H31N3O2/c1-18-10-11-22(19(2)16-18)23-24(28(4)21-12-14-27(3)15-13-21)26(31)29(25(23)30)17-20-8-6-5-7-9-20/h5-11,16,21H,12-15,17H2,1-4H3. The second-order valence-electron chi connectivity index (χ2n) is 8.87. The molecule has 5 nitrogen and oxygen atoms in total. The van der Waals surface area contributed by atoms with Gasteiger partial charge in [-0.15, -0.1) is 0 Å². The van der Waals surface area contributed by atoms with Gasteiger partial charge in [0.1, 0.15) is 5.70 Å². The number of likely N-dealkylation sites (tertiary alicyclic amines) is 1. The minimum atomic E-state index is -0.199. The predicted octanol–water partition coefficient (Wildman–Crippen LogP) is 3.61. The highest BCUT2D eigenvalue weighted by Gasteiger charge is 2.42. The zero-order valence-electron chi connectivity index (χ0n) is 18.9. The molecular formula is C26H31N3O2. The maximum Gasteiger partial charge on any atom is 0.278 e. The second-order valence-corrected chi connectivity index (χ2v) is 8.87. The van der Waals surface area contributed by atoms with E-state index in [4.69, 9.17) is 0 Å². The van der Waals surface area contributed by atoms with E-state index in [-0.39, 0.29) is 24.4 Å². The third kappa shape index (κ3) is 4.15. The third-order valence-corrected chi connectivity index (χ3v) is 6.57. The number of imide groups is 1. The molecule has 0 spiro atoms. The first kappa shape index (κ1) is 21.3. The first-order chi connectivity index (χ1) is 14.9. The van der Waals surface area contributed by atoms with Crippen LogP contribution in [-0.4, -0.2) is 59.7 Å². The van der Waals surface area contributed by atoms with Crippen LogP contribution in [0.3, 0.4) is 0 Å². The lowest BCUT2D eigenvalue weighted by molar-refractivity contribution is -0.138. The number of carbonyl (C=O) groups is 2. The molecule has 31 heavy (non-hydrogen) atoms. The molecule has 0 radical (unpaired) electrons. The number of amides is 2. The molecule has 2 aromatic rings. The Hall–Kier alpha value is -2.92. The molecule has 0 N–H and O–H groups in total. The van der Waals surface area contributed by atoms with Crippen LogP contribution in [0.1, 0.15) is 35.1 Å². The highest BCUT2D eigenvalue weighted by atomic mass is 16.2. The van der Waals surface area contributed by atoms with Gasteiger partial charge in [-0.05, 0) is 63.5 Å². The molecule has 162 valence electrons. The van der Waals surface area contributed by atoms with E-state index >= 15 is 0 Å². The Labute approximate surface area is 184 Å². The smallest absolute Gasteiger partial charge is 0.278 e. The molecule has 2 aliphatic rings. The highest BCUT2D eigenvalue weighted by molar-refractivity contribution is 6.35. The van der Waals surface area contributed by atoms with E-state index in [0.717, 1.165) is 48.2 Å². The van der Waals surface area contributed by atoms with Crippen LogP contribution >= 0.6 is 0 Å². The monoisotopic (exact) mass is 417 g/mol. The average Bonchev–Trinajstić information content (AvgIpc) is 2.99. The molecular weight excluding hydrogens is 386 g/mol. The zero-order valence-corrected chi connectivity index (χ0v) is 18.9.